The van der Waals surface area contributed by atoms with Gasteiger partial charge in [-0.2, -0.15) is 0 Å². The Morgan fingerprint density at radius 3 is 2.71 bits per heavy atom. The zero-order chi connectivity index (χ0) is 19.6. The van der Waals surface area contributed by atoms with Gasteiger partial charge in [-0.3, -0.25) is 9.69 Å². The molecule has 2 heterocycles. The van der Waals surface area contributed by atoms with Crippen molar-refractivity contribution >= 4 is 11.9 Å². The maximum Gasteiger partial charge on any atom is 0.338 e. The van der Waals surface area contributed by atoms with Crippen molar-refractivity contribution in [2.75, 3.05) is 32.8 Å². The molecular weight excluding hydrogens is 354 g/mol. The molecule has 5 nitrogen and oxygen atoms in total. The molecule has 3 aliphatic rings. The van der Waals surface area contributed by atoms with Crippen LogP contribution >= 0.6 is 0 Å². The number of ether oxygens (including phenoxy) is 2. The summed E-state index contributed by atoms with van der Waals surface area (Å²) in [6.07, 6.45) is 5.98. The van der Waals surface area contributed by atoms with Gasteiger partial charge in [0.2, 0.25) is 0 Å². The summed E-state index contributed by atoms with van der Waals surface area (Å²) in [6, 6.07) is 7.46. The number of hydrogen-bond acceptors (Lipinski definition) is 5. The molecule has 5 heteroatoms. The van der Waals surface area contributed by atoms with Crippen LogP contribution in [0.3, 0.4) is 0 Å². The fraction of sp³-hybridized carbons (Fsp3) is 0.565. The first-order chi connectivity index (χ1) is 13.6. The maximum atomic E-state index is 12.4. The molecule has 1 aromatic carbocycles. The van der Waals surface area contributed by atoms with E-state index >= 15 is 0 Å². The molecular formula is C23H29NO4. The lowest BCUT2D eigenvalue weighted by Crippen LogP contribution is -2.33. The SMILES string of the molecule is C=C1CC2COC(=O)C2(Cc2ccc(C(=O)OCCN3CCCCC3)cc2)C1. The topological polar surface area (TPSA) is 55.8 Å². The second-order valence-electron chi connectivity index (χ2n) is 8.49. The average molecular weight is 383 g/mol. The van der Waals surface area contributed by atoms with Gasteiger partial charge in [-0.25, -0.2) is 4.79 Å². The van der Waals surface area contributed by atoms with Crippen LogP contribution in [0, 0.1) is 11.3 Å². The van der Waals surface area contributed by atoms with Crippen LogP contribution in [0.4, 0.5) is 0 Å². The van der Waals surface area contributed by atoms with Gasteiger partial charge in [-0.15, -0.1) is 0 Å². The van der Waals surface area contributed by atoms with Gasteiger partial charge in [-0.05, 0) is 62.9 Å². The summed E-state index contributed by atoms with van der Waals surface area (Å²) in [4.78, 5) is 27.1. The number of piperidine rings is 1. The van der Waals surface area contributed by atoms with E-state index in [-0.39, 0.29) is 17.9 Å². The molecule has 1 aliphatic carbocycles. The fourth-order valence-corrected chi connectivity index (χ4v) is 4.92. The van der Waals surface area contributed by atoms with Crippen LogP contribution in [0.25, 0.3) is 0 Å². The molecule has 0 amide bonds. The van der Waals surface area contributed by atoms with Gasteiger partial charge in [0.1, 0.15) is 6.61 Å². The van der Waals surface area contributed by atoms with E-state index in [1.165, 1.54) is 19.3 Å². The normalized spacial score (nSPS) is 27.5. The third-order valence-corrected chi connectivity index (χ3v) is 6.50. The van der Waals surface area contributed by atoms with Crippen molar-refractivity contribution in [1.29, 1.82) is 0 Å². The van der Waals surface area contributed by atoms with E-state index in [0.29, 0.717) is 31.6 Å². The van der Waals surface area contributed by atoms with Crippen LogP contribution < -0.4 is 0 Å². The monoisotopic (exact) mass is 383 g/mol. The standard InChI is InChI=1S/C23H29NO4/c1-17-13-20-16-28-22(26)23(20,14-17)15-18-5-7-19(8-6-18)21(25)27-12-11-24-9-3-2-4-10-24/h5-8,20H,1-4,9-16H2. The van der Waals surface area contributed by atoms with Crippen molar-refractivity contribution in [1.82, 2.24) is 4.90 Å². The Labute approximate surface area is 166 Å². The highest BCUT2D eigenvalue weighted by Crippen LogP contribution is 2.52. The first-order valence-electron chi connectivity index (χ1n) is 10.4. The molecule has 0 N–H and O–H groups in total. The van der Waals surface area contributed by atoms with Gasteiger partial charge in [0, 0.05) is 12.5 Å². The summed E-state index contributed by atoms with van der Waals surface area (Å²) >= 11 is 0. The number of hydrogen-bond donors (Lipinski definition) is 0. The Morgan fingerprint density at radius 2 is 1.96 bits per heavy atom. The van der Waals surface area contributed by atoms with E-state index in [2.05, 4.69) is 11.5 Å². The summed E-state index contributed by atoms with van der Waals surface area (Å²) in [6.45, 7) is 8.02. The number of benzene rings is 1. The van der Waals surface area contributed by atoms with Crippen LogP contribution in [-0.4, -0.2) is 49.7 Å². The van der Waals surface area contributed by atoms with Gasteiger partial charge < -0.3 is 9.47 Å². The molecule has 4 rings (SSSR count). The number of carbonyl (C=O) groups is 2. The van der Waals surface area contributed by atoms with Gasteiger partial charge in [-0.1, -0.05) is 30.7 Å². The highest BCUT2D eigenvalue weighted by Gasteiger charge is 2.55. The number of nitrogens with zero attached hydrogens (tertiary/aromatic N) is 1. The third kappa shape index (κ3) is 3.86. The van der Waals surface area contributed by atoms with Crippen LogP contribution in [0.2, 0.25) is 0 Å². The molecule has 150 valence electrons. The Kier molecular flexibility index (Phi) is 5.54. The molecule has 2 unspecified atom stereocenters. The first-order valence-corrected chi connectivity index (χ1v) is 10.4. The molecule has 0 radical (unpaired) electrons. The second-order valence-corrected chi connectivity index (χ2v) is 8.49. The fourth-order valence-electron chi connectivity index (χ4n) is 4.92. The highest BCUT2D eigenvalue weighted by atomic mass is 16.5. The average Bonchev–Trinajstić information content (AvgIpc) is 3.17. The number of esters is 2. The summed E-state index contributed by atoms with van der Waals surface area (Å²) in [7, 11) is 0. The Hall–Kier alpha value is -2.14. The van der Waals surface area contributed by atoms with Crippen molar-refractivity contribution in [3.8, 4) is 0 Å². The minimum absolute atomic E-state index is 0.0997. The predicted octanol–water partition coefficient (Wildman–Crippen LogP) is 3.38. The van der Waals surface area contributed by atoms with Crippen molar-refractivity contribution in [3.05, 3.63) is 47.5 Å². The minimum Gasteiger partial charge on any atom is -0.465 e. The molecule has 0 bridgehead atoms. The first kappa shape index (κ1) is 19.2. The molecule has 0 aromatic heterocycles. The summed E-state index contributed by atoms with van der Waals surface area (Å²) < 4.78 is 10.8. The van der Waals surface area contributed by atoms with Crippen molar-refractivity contribution in [2.45, 2.75) is 38.5 Å². The van der Waals surface area contributed by atoms with Crippen molar-refractivity contribution in [2.24, 2.45) is 11.3 Å². The van der Waals surface area contributed by atoms with Gasteiger partial charge in [0.25, 0.3) is 0 Å². The quantitative estimate of drug-likeness (QED) is 0.557. The molecule has 0 spiro atoms. The highest BCUT2D eigenvalue weighted by molar-refractivity contribution is 5.89. The molecule has 1 saturated carbocycles. The summed E-state index contributed by atoms with van der Waals surface area (Å²) in [5, 5.41) is 0. The van der Waals surface area contributed by atoms with Gasteiger partial charge in [0.05, 0.1) is 17.6 Å². The molecule has 2 aliphatic heterocycles. The van der Waals surface area contributed by atoms with Gasteiger partial charge >= 0.3 is 11.9 Å². The lowest BCUT2D eigenvalue weighted by atomic mass is 9.75. The zero-order valence-corrected chi connectivity index (χ0v) is 16.5. The minimum atomic E-state index is -0.465. The lowest BCUT2D eigenvalue weighted by molar-refractivity contribution is -0.146. The maximum absolute atomic E-state index is 12.4. The molecule has 2 atom stereocenters. The van der Waals surface area contributed by atoms with Crippen LogP contribution in [0.15, 0.2) is 36.4 Å². The van der Waals surface area contributed by atoms with E-state index in [1.807, 2.05) is 12.1 Å². The van der Waals surface area contributed by atoms with E-state index in [9.17, 15) is 9.59 Å². The number of carbonyl (C=O) groups excluding carboxylic acids is 2. The Morgan fingerprint density at radius 1 is 1.21 bits per heavy atom. The Balaban J connectivity index is 1.32. The van der Waals surface area contributed by atoms with Crippen molar-refractivity contribution in [3.63, 3.8) is 0 Å². The van der Waals surface area contributed by atoms with E-state index in [4.69, 9.17) is 9.47 Å². The molecule has 2 saturated heterocycles. The second kappa shape index (κ2) is 8.08. The van der Waals surface area contributed by atoms with Crippen LogP contribution in [0.5, 0.6) is 0 Å². The predicted molar refractivity (Wildman–Crippen MR) is 106 cm³/mol. The molecule has 1 aromatic rings. The number of fused-ring (bicyclic) bond motifs is 1. The number of rotatable bonds is 6. The van der Waals surface area contributed by atoms with E-state index in [1.54, 1.807) is 12.1 Å². The van der Waals surface area contributed by atoms with E-state index < -0.39 is 5.41 Å². The molecule has 3 fully saturated rings. The molecule has 28 heavy (non-hydrogen) atoms. The summed E-state index contributed by atoms with van der Waals surface area (Å²) in [5.41, 5.74) is 2.27. The smallest absolute Gasteiger partial charge is 0.338 e. The number of allylic oxidation sites excluding steroid dienone is 1. The largest absolute Gasteiger partial charge is 0.465 e. The van der Waals surface area contributed by atoms with Crippen LogP contribution in [-0.2, 0) is 20.7 Å². The van der Waals surface area contributed by atoms with Crippen molar-refractivity contribution < 1.29 is 19.1 Å². The zero-order valence-electron chi connectivity index (χ0n) is 16.5. The number of likely N-dealkylation sites (tertiary alicyclic amines) is 1. The summed E-state index contributed by atoms with van der Waals surface area (Å²) in [5.74, 6) is -0.154. The third-order valence-electron chi connectivity index (χ3n) is 6.50. The number of cyclic esters (lactones) is 1. The van der Waals surface area contributed by atoms with E-state index in [0.717, 1.165) is 37.2 Å². The van der Waals surface area contributed by atoms with Crippen LogP contribution in [0.1, 0.15) is 48.0 Å². The lowest BCUT2D eigenvalue weighted by Gasteiger charge is -2.26. The van der Waals surface area contributed by atoms with Gasteiger partial charge in [0.15, 0.2) is 0 Å². The Bertz CT molecular complexity index is 750.